The number of piperidine rings is 1. The molecule has 1 heterocycles. The van der Waals surface area contributed by atoms with Gasteiger partial charge in [0.1, 0.15) is 0 Å². The van der Waals surface area contributed by atoms with E-state index in [0.29, 0.717) is 19.5 Å². The molecule has 0 spiro atoms. The standard InChI is InChI=1S/C17H27N3O3S/c1-24(22,23)19-13-11-16-9-5-6-14-20(16)17(21)18-12-10-15-7-3-2-4-8-15/h2-4,7-8,16,19H,5-6,9-14H2,1H3,(H,18,21). The van der Waals surface area contributed by atoms with Crippen LogP contribution in [-0.2, 0) is 16.4 Å². The summed E-state index contributed by atoms with van der Waals surface area (Å²) < 4.78 is 24.8. The first kappa shape index (κ1) is 18.7. The molecule has 0 bridgehead atoms. The summed E-state index contributed by atoms with van der Waals surface area (Å²) >= 11 is 0. The number of likely N-dealkylation sites (tertiary alicyclic amines) is 1. The van der Waals surface area contributed by atoms with Crippen LogP contribution in [0.15, 0.2) is 30.3 Å². The van der Waals surface area contributed by atoms with Gasteiger partial charge >= 0.3 is 6.03 Å². The quantitative estimate of drug-likeness (QED) is 0.784. The van der Waals surface area contributed by atoms with Crippen LogP contribution in [0.2, 0.25) is 0 Å². The Morgan fingerprint density at radius 1 is 1.21 bits per heavy atom. The predicted octanol–water partition coefficient (Wildman–Crippen LogP) is 1.73. The summed E-state index contributed by atoms with van der Waals surface area (Å²) in [6.45, 7) is 1.71. The van der Waals surface area contributed by atoms with Crippen LogP contribution in [0, 0.1) is 0 Å². The minimum Gasteiger partial charge on any atom is -0.338 e. The number of carbonyl (C=O) groups excluding carboxylic acids is 1. The number of nitrogens with zero attached hydrogens (tertiary/aromatic N) is 1. The summed E-state index contributed by atoms with van der Waals surface area (Å²) in [5.74, 6) is 0. The number of sulfonamides is 1. The minimum atomic E-state index is -3.18. The summed E-state index contributed by atoms with van der Waals surface area (Å²) in [5, 5.41) is 2.99. The average Bonchev–Trinajstić information content (AvgIpc) is 2.55. The van der Waals surface area contributed by atoms with E-state index in [9.17, 15) is 13.2 Å². The fraction of sp³-hybridized carbons (Fsp3) is 0.588. The van der Waals surface area contributed by atoms with Crippen LogP contribution in [-0.4, -0.2) is 51.3 Å². The van der Waals surface area contributed by atoms with E-state index in [1.54, 1.807) is 0 Å². The van der Waals surface area contributed by atoms with E-state index < -0.39 is 10.0 Å². The minimum absolute atomic E-state index is 0.0463. The predicted molar refractivity (Wildman–Crippen MR) is 95.4 cm³/mol. The number of rotatable bonds is 7. The second-order valence-electron chi connectivity index (χ2n) is 6.27. The van der Waals surface area contributed by atoms with Crippen molar-refractivity contribution in [3.63, 3.8) is 0 Å². The summed E-state index contributed by atoms with van der Waals surface area (Å²) in [4.78, 5) is 14.3. The Morgan fingerprint density at radius 3 is 2.67 bits per heavy atom. The van der Waals surface area contributed by atoms with Crippen molar-refractivity contribution in [2.24, 2.45) is 0 Å². The lowest BCUT2D eigenvalue weighted by Crippen LogP contribution is -2.49. The first-order valence-electron chi connectivity index (χ1n) is 8.49. The summed E-state index contributed by atoms with van der Waals surface area (Å²) in [7, 11) is -3.18. The molecule has 1 atom stereocenters. The molecule has 1 aliphatic rings. The van der Waals surface area contributed by atoms with Crippen LogP contribution in [0.1, 0.15) is 31.2 Å². The molecule has 0 aliphatic carbocycles. The SMILES string of the molecule is CS(=O)(=O)NCCC1CCCCN1C(=O)NCCc1ccccc1. The van der Waals surface area contributed by atoms with Crippen LogP contribution in [0.3, 0.4) is 0 Å². The zero-order chi connectivity index (χ0) is 17.4. The number of urea groups is 1. The molecule has 2 amide bonds. The Hall–Kier alpha value is -1.60. The van der Waals surface area contributed by atoms with Gasteiger partial charge in [0, 0.05) is 25.7 Å². The molecule has 24 heavy (non-hydrogen) atoms. The van der Waals surface area contributed by atoms with Gasteiger partial charge in [0.25, 0.3) is 0 Å². The van der Waals surface area contributed by atoms with Gasteiger partial charge in [-0.25, -0.2) is 17.9 Å². The van der Waals surface area contributed by atoms with Gasteiger partial charge in [0.2, 0.25) is 10.0 Å². The van der Waals surface area contributed by atoms with Crippen molar-refractivity contribution in [2.75, 3.05) is 25.9 Å². The highest BCUT2D eigenvalue weighted by molar-refractivity contribution is 7.88. The average molecular weight is 353 g/mol. The fourth-order valence-electron chi connectivity index (χ4n) is 3.04. The Bertz CT molecular complexity index is 619. The van der Waals surface area contributed by atoms with Crippen molar-refractivity contribution in [2.45, 2.75) is 38.1 Å². The van der Waals surface area contributed by atoms with Gasteiger partial charge in [-0.15, -0.1) is 0 Å². The second-order valence-corrected chi connectivity index (χ2v) is 8.10. The van der Waals surface area contributed by atoms with Gasteiger partial charge in [-0.1, -0.05) is 30.3 Å². The van der Waals surface area contributed by atoms with Crippen LogP contribution >= 0.6 is 0 Å². The lowest BCUT2D eigenvalue weighted by Gasteiger charge is -2.35. The summed E-state index contributed by atoms with van der Waals surface area (Å²) in [6, 6.07) is 10.1. The number of hydrogen-bond donors (Lipinski definition) is 2. The highest BCUT2D eigenvalue weighted by Gasteiger charge is 2.26. The van der Waals surface area contributed by atoms with Crippen LogP contribution in [0.5, 0.6) is 0 Å². The number of carbonyl (C=O) groups is 1. The first-order chi connectivity index (χ1) is 11.5. The van der Waals surface area contributed by atoms with Gasteiger partial charge in [-0.05, 0) is 37.7 Å². The van der Waals surface area contributed by atoms with E-state index in [2.05, 4.69) is 10.0 Å². The van der Waals surface area contributed by atoms with Gasteiger partial charge in [-0.2, -0.15) is 0 Å². The maximum atomic E-state index is 12.4. The smallest absolute Gasteiger partial charge is 0.317 e. The molecule has 0 saturated carbocycles. The van der Waals surface area contributed by atoms with Gasteiger partial charge < -0.3 is 10.2 Å². The molecule has 134 valence electrons. The molecule has 1 fully saturated rings. The second kappa shape index (κ2) is 9.03. The first-order valence-corrected chi connectivity index (χ1v) is 10.4. The Labute approximate surface area is 144 Å². The highest BCUT2D eigenvalue weighted by Crippen LogP contribution is 2.19. The molecule has 1 aliphatic heterocycles. The molecule has 2 rings (SSSR count). The van der Waals surface area contributed by atoms with Crippen molar-refractivity contribution in [3.8, 4) is 0 Å². The molecule has 1 unspecified atom stereocenters. The molecule has 1 saturated heterocycles. The third kappa shape index (κ3) is 6.49. The molecular formula is C17H27N3O3S. The van der Waals surface area contributed by atoms with Gasteiger partial charge in [0.15, 0.2) is 0 Å². The monoisotopic (exact) mass is 353 g/mol. The number of hydrogen-bond acceptors (Lipinski definition) is 3. The third-order valence-corrected chi connectivity index (χ3v) is 4.99. The molecule has 0 radical (unpaired) electrons. The maximum Gasteiger partial charge on any atom is 0.317 e. The van der Waals surface area contributed by atoms with E-state index >= 15 is 0 Å². The lowest BCUT2D eigenvalue weighted by molar-refractivity contribution is 0.147. The third-order valence-electron chi connectivity index (χ3n) is 4.26. The Kier molecular flexibility index (Phi) is 7.05. The molecule has 1 aromatic rings. The largest absolute Gasteiger partial charge is 0.338 e. The van der Waals surface area contributed by atoms with Crippen molar-refractivity contribution < 1.29 is 13.2 Å². The molecule has 1 aromatic carbocycles. The van der Waals surface area contributed by atoms with E-state index in [4.69, 9.17) is 0 Å². The van der Waals surface area contributed by atoms with Crippen molar-refractivity contribution in [3.05, 3.63) is 35.9 Å². The van der Waals surface area contributed by atoms with E-state index in [-0.39, 0.29) is 12.1 Å². The Morgan fingerprint density at radius 2 is 1.96 bits per heavy atom. The number of nitrogens with one attached hydrogen (secondary N) is 2. The van der Waals surface area contributed by atoms with Gasteiger partial charge in [0.05, 0.1) is 6.26 Å². The zero-order valence-corrected chi connectivity index (χ0v) is 15.0. The highest BCUT2D eigenvalue weighted by atomic mass is 32.2. The molecule has 0 aromatic heterocycles. The Balaban J connectivity index is 1.79. The summed E-state index contributed by atoms with van der Waals surface area (Å²) in [5.41, 5.74) is 1.20. The van der Waals surface area contributed by atoms with E-state index in [1.165, 1.54) is 5.56 Å². The maximum absolute atomic E-state index is 12.4. The topological polar surface area (TPSA) is 78.5 Å². The summed E-state index contributed by atoms with van der Waals surface area (Å²) in [6.07, 6.45) is 5.62. The molecule has 2 N–H and O–H groups in total. The zero-order valence-electron chi connectivity index (χ0n) is 14.2. The number of benzene rings is 1. The normalized spacial score (nSPS) is 18.4. The van der Waals surface area contributed by atoms with E-state index in [1.807, 2.05) is 35.2 Å². The molecule has 7 heteroatoms. The fourth-order valence-corrected chi connectivity index (χ4v) is 3.53. The van der Waals surface area contributed by atoms with Crippen LogP contribution in [0.4, 0.5) is 4.79 Å². The van der Waals surface area contributed by atoms with Crippen molar-refractivity contribution >= 4 is 16.1 Å². The molecule has 6 nitrogen and oxygen atoms in total. The van der Waals surface area contributed by atoms with Crippen molar-refractivity contribution in [1.29, 1.82) is 0 Å². The van der Waals surface area contributed by atoms with Gasteiger partial charge in [-0.3, -0.25) is 0 Å². The van der Waals surface area contributed by atoms with E-state index in [0.717, 1.165) is 38.5 Å². The molecular weight excluding hydrogens is 326 g/mol. The van der Waals surface area contributed by atoms with Crippen LogP contribution < -0.4 is 10.0 Å². The lowest BCUT2D eigenvalue weighted by atomic mass is 10.00. The number of amides is 2. The van der Waals surface area contributed by atoms with Crippen LogP contribution in [0.25, 0.3) is 0 Å². The van der Waals surface area contributed by atoms with Crippen molar-refractivity contribution in [1.82, 2.24) is 14.9 Å².